The Balaban J connectivity index is 0.000000222. The van der Waals surface area contributed by atoms with Crippen LogP contribution >= 0.6 is 22.6 Å². The van der Waals surface area contributed by atoms with Gasteiger partial charge in [-0.15, -0.1) is 0 Å². The van der Waals surface area contributed by atoms with Gasteiger partial charge in [0.25, 0.3) is 0 Å². The van der Waals surface area contributed by atoms with Crippen LogP contribution in [0.5, 0.6) is 5.75 Å². The fraction of sp³-hybridized carbons (Fsp3) is 0.355. The second-order valence-electron chi connectivity index (χ2n) is 9.84. The van der Waals surface area contributed by atoms with E-state index in [1.54, 1.807) is 19.2 Å². The third-order valence-electron chi connectivity index (χ3n) is 7.39. The van der Waals surface area contributed by atoms with E-state index in [2.05, 4.69) is 45.6 Å². The smallest absolute Gasteiger partial charge is 0.321 e. The van der Waals surface area contributed by atoms with E-state index in [0.717, 1.165) is 60.6 Å². The van der Waals surface area contributed by atoms with Crippen molar-refractivity contribution >= 4 is 40.3 Å². The molecular weight excluding hydrogens is 625 g/mol. The van der Waals surface area contributed by atoms with Crippen molar-refractivity contribution in [2.24, 2.45) is 0 Å². The van der Waals surface area contributed by atoms with Crippen LogP contribution in [0.1, 0.15) is 53.8 Å². The summed E-state index contributed by atoms with van der Waals surface area (Å²) >= 11 is 1.17. The normalized spacial score (nSPS) is 14.0. The SMILES string of the molecule is CCc1nc2ccc(OC)cn2c1C.O=CNCc1ccc(N2CCC(c3ccc(C(F)(F)I)cc3)CC2)cc1. The number of aryl methyl sites for hydroxylation is 2. The van der Waals surface area contributed by atoms with Gasteiger partial charge in [0, 0.05) is 59.2 Å². The van der Waals surface area contributed by atoms with Crippen LogP contribution in [0.3, 0.4) is 0 Å². The number of ether oxygens (including phenoxy) is 1. The van der Waals surface area contributed by atoms with Crippen molar-refractivity contribution in [3.63, 3.8) is 0 Å². The number of piperidine rings is 1. The molecule has 0 aliphatic carbocycles. The van der Waals surface area contributed by atoms with Gasteiger partial charge in [-0.1, -0.05) is 43.3 Å². The molecule has 212 valence electrons. The molecule has 2 aromatic heterocycles. The van der Waals surface area contributed by atoms with Crippen LogP contribution in [0.4, 0.5) is 14.5 Å². The number of rotatable bonds is 8. The summed E-state index contributed by atoms with van der Waals surface area (Å²) in [4.78, 5) is 17.2. The molecule has 1 N–H and O–H groups in total. The zero-order valence-electron chi connectivity index (χ0n) is 23.0. The lowest BCUT2D eigenvalue weighted by molar-refractivity contribution is -0.109. The van der Waals surface area contributed by atoms with E-state index in [0.29, 0.717) is 18.9 Å². The van der Waals surface area contributed by atoms with Crippen molar-refractivity contribution < 1.29 is 18.3 Å². The standard InChI is InChI=1S/C20H21F2IN2O.C11H14N2O/c21-20(22,23)18-5-3-16(4-6-18)17-9-11-25(12-10-17)19-7-1-15(2-8-19)13-24-14-26;1-4-10-8(2)13-7-9(14-3)5-6-11(13)12-10/h1-8,14,17H,9-13H2,(H,24,26);5-7H,4H2,1-3H3. The van der Waals surface area contributed by atoms with Crippen LogP contribution in [-0.4, -0.2) is 36.0 Å². The molecule has 1 aliphatic heterocycles. The first-order valence-corrected chi connectivity index (χ1v) is 14.5. The number of carbonyl (C=O) groups excluding carboxylic acids is 1. The molecular formula is C31H35F2IN4O2. The first kappa shape index (κ1) is 29.8. The Morgan fingerprint density at radius 3 is 2.33 bits per heavy atom. The Morgan fingerprint density at radius 1 is 1.07 bits per heavy atom. The molecule has 0 atom stereocenters. The summed E-state index contributed by atoms with van der Waals surface area (Å²) < 4.78 is 31.1. The van der Waals surface area contributed by atoms with Crippen molar-refractivity contribution in [1.29, 1.82) is 0 Å². The summed E-state index contributed by atoms with van der Waals surface area (Å²) in [6, 6.07) is 18.9. The average molecular weight is 661 g/mol. The summed E-state index contributed by atoms with van der Waals surface area (Å²) in [6.07, 6.45) is 5.65. The predicted molar refractivity (Wildman–Crippen MR) is 164 cm³/mol. The molecule has 1 fully saturated rings. The zero-order chi connectivity index (χ0) is 28.7. The maximum absolute atomic E-state index is 13.3. The minimum atomic E-state index is -2.81. The largest absolute Gasteiger partial charge is 0.495 e. The second-order valence-corrected chi connectivity index (χ2v) is 11.2. The molecule has 0 bridgehead atoms. The molecule has 1 saturated heterocycles. The van der Waals surface area contributed by atoms with Gasteiger partial charge in [0.05, 0.1) is 19.0 Å². The van der Waals surface area contributed by atoms with Crippen LogP contribution < -0.4 is 15.0 Å². The molecule has 1 amide bonds. The quantitative estimate of drug-likeness (QED) is 0.126. The van der Waals surface area contributed by atoms with Crippen LogP contribution in [0, 0.1) is 6.92 Å². The molecule has 6 nitrogen and oxygen atoms in total. The number of halogens is 3. The van der Waals surface area contributed by atoms with Gasteiger partial charge >= 0.3 is 3.93 Å². The van der Waals surface area contributed by atoms with Gasteiger partial charge in [-0.3, -0.25) is 4.79 Å². The van der Waals surface area contributed by atoms with Crippen LogP contribution in [0.15, 0.2) is 66.9 Å². The summed E-state index contributed by atoms with van der Waals surface area (Å²) in [5, 5.41) is 2.66. The third kappa shape index (κ3) is 7.30. The molecule has 2 aromatic carbocycles. The van der Waals surface area contributed by atoms with E-state index in [1.165, 1.54) is 34.0 Å². The van der Waals surface area contributed by atoms with E-state index in [4.69, 9.17) is 4.74 Å². The molecule has 9 heteroatoms. The number of fused-ring (bicyclic) bond motifs is 1. The summed E-state index contributed by atoms with van der Waals surface area (Å²) in [5.41, 5.74) is 6.79. The lowest BCUT2D eigenvalue weighted by Gasteiger charge is -2.34. The lowest BCUT2D eigenvalue weighted by Crippen LogP contribution is -2.32. The summed E-state index contributed by atoms with van der Waals surface area (Å²) in [6.45, 7) is 6.63. The maximum Gasteiger partial charge on any atom is 0.321 e. The Hall–Kier alpha value is -3.21. The van der Waals surface area contributed by atoms with Gasteiger partial charge in [-0.2, -0.15) is 8.78 Å². The molecule has 3 heterocycles. The monoisotopic (exact) mass is 660 g/mol. The lowest BCUT2D eigenvalue weighted by atomic mass is 9.89. The average Bonchev–Trinajstić information content (AvgIpc) is 3.31. The number of pyridine rings is 1. The number of hydrogen-bond acceptors (Lipinski definition) is 4. The number of alkyl halides is 3. The molecule has 4 aromatic rings. The molecule has 1 aliphatic rings. The number of methoxy groups -OCH3 is 1. The Morgan fingerprint density at radius 2 is 1.75 bits per heavy atom. The maximum atomic E-state index is 13.3. The van der Waals surface area contributed by atoms with Crippen molar-refractivity contribution in [2.45, 2.75) is 49.5 Å². The van der Waals surface area contributed by atoms with Crippen molar-refractivity contribution in [1.82, 2.24) is 14.7 Å². The van der Waals surface area contributed by atoms with Gasteiger partial charge in [0.1, 0.15) is 11.4 Å². The van der Waals surface area contributed by atoms with Gasteiger partial charge in [-0.05, 0) is 67.5 Å². The number of benzene rings is 2. The molecule has 40 heavy (non-hydrogen) atoms. The van der Waals surface area contributed by atoms with Crippen LogP contribution in [-0.2, 0) is 21.7 Å². The second kappa shape index (κ2) is 13.4. The van der Waals surface area contributed by atoms with Gasteiger partial charge in [0.15, 0.2) is 0 Å². The zero-order valence-corrected chi connectivity index (χ0v) is 25.2. The highest BCUT2D eigenvalue weighted by Gasteiger charge is 2.27. The van der Waals surface area contributed by atoms with Crippen LogP contribution in [0.2, 0.25) is 0 Å². The van der Waals surface area contributed by atoms with Crippen LogP contribution in [0.25, 0.3) is 5.65 Å². The highest BCUT2D eigenvalue weighted by molar-refractivity contribution is 14.1. The van der Waals surface area contributed by atoms with Crippen molar-refractivity contribution in [3.05, 3.63) is 94.9 Å². The Bertz CT molecular complexity index is 1390. The topological polar surface area (TPSA) is 58.9 Å². The van der Waals surface area contributed by atoms with E-state index >= 15 is 0 Å². The van der Waals surface area contributed by atoms with E-state index < -0.39 is 3.93 Å². The number of anilines is 1. The van der Waals surface area contributed by atoms with E-state index in [1.807, 2.05) is 42.6 Å². The first-order valence-electron chi connectivity index (χ1n) is 13.4. The van der Waals surface area contributed by atoms with Gasteiger partial charge < -0.3 is 19.4 Å². The molecule has 0 saturated carbocycles. The van der Waals surface area contributed by atoms with Gasteiger partial charge in [-0.25, -0.2) is 4.98 Å². The first-order chi connectivity index (χ1) is 19.2. The number of aromatic nitrogens is 2. The van der Waals surface area contributed by atoms with E-state index in [-0.39, 0.29) is 5.56 Å². The molecule has 0 unspecified atom stereocenters. The molecule has 5 rings (SSSR count). The Kier molecular flexibility index (Phi) is 9.99. The molecule has 0 spiro atoms. The van der Waals surface area contributed by atoms with Crippen molar-refractivity contribution in [3.8, 4) is 5.75 Å². The van der Waals surface area contributed by atoms with E-state index in [9.17, 15) is 13.6 Å². The highest BCUT2D eigenvalue weighted by atomic mass is 127. The third-order valence-corrected chi connectivity index (χ3v) is 8.02. The number of carbonyl (C=O) groups is 1. The predicted octanol–water partition coefficient (Wildman–Crippen LogP) is 7.01. The number of imidazole rings is 1. The summed E-state index contributed by atoms with van der Waals surface area (Å²) in [5.74, 6) is 1.28. The van der Waals surface area contributed by atoms with Crippen molar-refractivity contribution in [2.75, 3.05) is 25.1 Å². The number of hydrogen-bond donors (Lipinski definition) is 1. The molecule has 0 radical (unpaired) electrons. The fourth-order valence-corrected chi connectivity index (χ4v) is 5.41. The summed E-state index contributed by atoms with van der Waals surface area (Å²) in [7, 11) is 1.67. The minimum absolute atomic E-state index is 0.0587. The fourth-order valence-electron chi connectivity index (χ4n) is 5.05. The number of nitrogens with one attached hydrogen (secondary N) is 1. The van der Waals surface area contributed by atoms with Gasteiger partial charge in [0.2, 0.25) is 6.41 Å². The number of amides is 1. The Labute approximate surface area is 247 Å². The number of nitrogens with zero attached hydrogens (tertiary/aromatic N) is 3. The highest BCUT2D eigenvalue weighted by Crippen LogP contribution is 2.37. The minimum Gasteiger partial charge on any atom is -0.495 e.